The van der Waals surface area contributed by atoms with Gasteiger partial charge in [-0.15, -0.1) is 45.3 Å². The Bertz CT molecular complexity index is 3160. The average molecular weight is 1560 g/mol. The third kappa shape index (κ3) is 26.8. The molecule has 9 rings (SSSR count). The number of fused-ring (bicyclic) bond motifs is 7. The SMILES string of the molecule is CCCCCCCCC(CCCCCC)COc1c2cc(-c3ccc(C4CC5C6CC(CC(CCCCCC)CCCCCCCC)C7C(=O)C(c8ccc(C)s8)CC7C6CC(CC(CCCCCC)CCCCCCCC)C5C4=O)s3)sc2c(OCC(CCCCCC)CCCCCCCC)c2cc(C)sc12. The summed E-state index contributed by atoms with van der Waals surface area (Å²) in [5, 5.41) is 2.48. The Hall–Kier alpha value is -2.52. The zero-order chi connectivity index (χ0) is 76.2. The maximum atomic E-state index is 16.6. The highest BCUT2D eigenvalue weighted by Gasteiger charge is 2.62. The van der Waals surface area contributed by atoms with E-state index >= 15 is 9.59 Å². The molecule has 0 amide bonds. The van der Waals surface area contributed by atoms with Gasteiger partial charge in [-0.3, -0.25) is 9.59 Å². The molecule has 1 aromatic carbocycles. The van der Waals surface area contributed by atoms with Crippen LogP contribution >= 0.6 is 45.3 Å². The second-order valence-electron chi connectivity index (χ2n) is 36.5. The van der Waals surface area contributed by atoms with Crippen LogP contribution in [0.3, 0.4) is 0 Å². The maximum Gasteiger partial charge on any atom is 0.146 e. The summed E-state index contributed by atoms with van der Waals surface area (Å²) < 4.78 is 17.6. The van der Waals surface area contributed by atoms with Gasteiger partial charge in [0.2, 0.25) is 0 Å². The van der Waals surface area contributed by atoms with Gasteiger partial charge >= 0.3 is 0 Å². The van der Waals surface area contributed by atoms with E-state index in [9.17, 15) is 0 Å². The quantitative estimate of drug-likeness (QED) is 0.0364. The first-order chi connectivity index (χ1) is 53.0. The first-order valence-electron chi connectivity index (χ1n) is 47.5. The predicted molar refractivity (Wildman–Crippen MR) is 477 cm³/mol. The molecule has 4 aromatic heterocycles. The molecule has 0 aliphatic heterocycles. The molecule has 610 valence electrons. The normalized spacial score (nSPS) is 22.5. The lowest BCUT2D eigenvalue weighted by atomic mass is 9.50. The van der Waals surface area contributed by atoms with Gasteiger partial charge in [0.15, 0.2) is 0 Å². The Kier molecular flexibility index (Phi) is 41.5. The summed E-state index contributed by atoms with van der Waals surface area (Å²) in [6.07, 6.45) is 70.1. The number of rotatable bonds is 61. The largest absolute Gasteiger partial charge is 0.491 e. The van der Waals surface area contributed by atoms with Gasteiger partial charge < -0.3 is 9.47 Å². The van der Waals surface area contributed by atoms with Crippen molar-refractivity contribution in [3.8, 4) is 21.3 Å². The van der Waals surface area contributed by atoms with Gasteiger partial charge in [-0.05, 0) is 174 Å². The number of ketones is 2. The molecule has 8 heteroatoms. The lowest BCUT2D eigenvalue weighted by Gasteiger charge is -2.53. The van der Waals surface area contributed by atoms with Crippen molar-refractivity contribution in [1.82, 2.24) is 0 Å². The molecule has 4 saturated carbocycles. The number of hydrogen-bond acceptors (Lipinski definition) is 8. The molecule has 4 nitrogen and oxygen atoms in total. The number of ether oxygens (including phenoxy) is 2. The maximum absolute atomic E-state index is 16.6. The number of carbonyl (C=O) groups excluding carboxylic acids is 2. The first kappa shape index (κ1) is 89.4. The Balaban J connectivity index is 1.08. The number of thiophene rings is 4. The summed E-state index contributed by atoms with van der Waals surface area (Å²) in [5.41, 5.74) is 0. The number of hydrogen-bond donors (Lipinski definition) is 0. The molecule has 14 unspecified atom stereocenters. The van der Waals surface area contributed by atoms with Crippen LogP contribution in [-0.2, 0) is 9.59 Å². The van der Waals surface area contributed by atoms with Crippen LogP contribution < -0.4 is 9.47 Å². The summed E-state index contributed by atoms with van der Waals surface area (Å²) in [4.78, 5) is 40.3. The van der Waals surface area contributed by atoms with Gasteiger partial charge in [-0.25, -0.2) is 0 Å². The van der Waals surface area contributed by atoms with Crippen molar-refractivity contribution in [1.29, 1.82) is 0 Å². The monoisotopic (exact) mass is 1560 g/mol. The molecular weight excluding hydrogens is 1390 g/mol. The zero-order valence-corrected chi connectivity index (χ0v) is 74.7. The summed E-state index contributed by atoms with van der Waals surface area (Å²) in [6.45, 7) is 24.9. The van der Waals surface area contributed by atoms with Crippen LogP contribution in [0.15, 0.2) is 36.4 Å². The van der Waals surface area contributed by atoms with E-state index in [1.54, 1.807) is 0 Å². The molecule has 14 atom stereocenters. The fraction of sp³-hybridized carbons (Fsp3) is 0.800. The number of Topliss-reactive ketones (excluding diaryl/α,β-unsaturated/α-hetero) is 2. The van der Waals surface area contributed by atoms with Gasteiger partial charge in [0.25, 0.3) is 0 Å². The van der Waals surface area contributed by atoms with Crippen molar-refractivity contribution < 1.29 is 19.1 Å². The van der Waals surface area contributed by atoms with E-state index in [1.165, 1.54) is 383 Å². The molecular formula is C100H162O4S4. The van der Waals surface area contributed by atoms with Crippen molar-refractivity contribution in [3.05, 3.63) is 55.9 Å². The van der Waals surface area contributed by atoms with Crippen LogP contribution in [0.5, 0.6) is 11.5 Å². The highest BCUT2D eigenvalue weighted by atomic mass is 32.1. The van der Waals surface area contributed by atoms with Gasteiger partial charge in [0.1, 0.15) is 23.1 Å². The van der Waals surface area contributed by atoms with E-state index in [2.05, 4.69) is 106 Å². The van der Waals surface area contributed by atoms with Gasteiger partial charge in [-0.1, -0.05) is 338 Å². The Morgan fingerprint density at radius 3 is 1.02 bits per heavy atom. The van der Waals surface area contributed by atoms with Crippen molar-refractivity contribution in [2.45, 2.75) is 428 Å². The smallest absolute Gasteiger partial charge is 0.146 e. The molecule has 0 saturated heterocycles. The molecule has 4 aliphatic rings. The highest BCUT2D eigenvalue weighted by molar-refractivity contribution is 7.27. The van der Waals surface area contributed by atoms with Gasteiger partial charge in [0, 0.05) is 51.9 Å². The van der Waals surface area contributed by atoms with E-state index in [-0.39, 0.29) is 23.7 Å². The van der Waals surface area contributed by atoms with E-state index < -0.39 is 0 Å². The lowest BCUT2D eigenvalue weighted by molar-refractivity contribution is -0.135. The molecule has 0 bridgehead atoms. The molecule has 5 aromatic rings. The molecule has 0 N–H and O–H groups in total. The minimum absolute atomic E-state index is 0.0398. The first-order valence-corrected chi connectivity index (χ1v) is 50.7. The minimum atomic E-state index is -0.0638. The fourth-order valence-corrected chi connectivity index (χ4v) is 26.2. The predicted octanol–water partition coefficient (Wildman–Crippen LogP) is 34.0. The fourth-order valence-electron chi connectivity index (χ4n) is 21.8. The van der Waals surface area contributed by atoms with Crippen LogP contribution in [0.2, 0.25) is 0 Å². The van der Waals surface area contributed by atoms with Crippen LogP contribution in [0.4, 0.5) is 0 Å². The summed E-state index contributed by atoms with van der Waals surface area (Å²) in [6, 6.07) is 14.5. The number of aryl methyl sites for hydroxylation is 2. The second kappa shape index (κ2) is 50.1. The summed E-state index contributed by atoms with van der Waals surface area (Å²) in [5.74, 6) is 8.79. The standard InChI is InChI=1S/C100H162O4S4/c1-11-19-27-35-39-47-53-75(51-43-31-23-15-5)64-79-66-82-81(83-68-85(95(101)93(79)83)89-60-59-73(9)105-89)67-80(65-76(52-44-32-24-16-6)54-48-40-36-28-20-12-2)94-84(82)69-86(96(94)102)90-61-62-91(107-90)92-70-88-98(104-72-78(56-46-34-26-18-8)58-50-42-38-30-22-14-4)99-87(63-74(10)106-99)97(100(88)108-92)103-71-77(55-45-33-25-17-7)57-49-41-37-29-21-13-3/h59-63,70,75-86,93-94H,11-58,64-69,71-72H2,1-10H3. The molecule has 4 fully saturated rings. The Labute approximate surface area is 680 Å². The van der Waals surface area contributed by atoms with Crippen LogP contribution in [-0.4, -0.2) is 24.8 Å². The van der Waals surface area contributed by atoms with Crippen molar-refractivity contribution in [3.63, 3.8) is 0 Å². The molecule has 4 heterocycles. The van der Waals surface area contributed by atoms with E-state index in [0.717, 1.165) is 37.6 Å². The van der Waals surface area contributed by atoms with Crippen LogP contribution in [0.25, 0.3) is 29.9 Å². The van der Waals surface area contributed by atoms with Crippen LogP contribution in [0, 0.1) is 84.9 Å². The van der Waals surface area contributed by atoms with E-state index in [1.807, 2.05) is 45.3 Å². The molecule has 0 spiro atoms. The van der Waals surface area contributed by atoms with Crippen molar-refractivity contribution >= 4 is 77.1 Å². The second-order valence-corrected chi connectivity index (χ2v) is 41.3. The number of carbonyl (C=O) groups is 2. The number of benzene rings is 1. The van der Waals surface area contributed by atoms with Gasteiger partial charge in [-0.2, -0.15) is 0 Å². The molecule has 4 aliphatic carbocycles. The third-order valence-corrected chi connectivity index (χ3v) is 32.5. The minimum Gasteiger partial charge on any atom is -0.491 e. The van der Waals surface area contributed by atoms with Crippen molar-refractivity contribution in [2.75, 3.05) is 13.2 Å². The van der Waals surface area contributed by atoms with Gasteiger partial charge in [0.05, 0.1) is 34.4 Å². The molecule has 0 radical (unpaired) electrons. The van der Waals surface area contributed by atoms with E-state index in [0.29, 0.717) is 70.7 Å². The number of unbranched alkanes of at least 4 members (excludes halogenated alkanes) is 32. The Morgan fingerprint density at radius 2 is 0.648 bits per heavy atom. The topological polar surface area (TPSA) is 52.6 Å². The average Bonchev–Trinajstić information content (AvgIpc) is 1.56. The summed E-state index contributed by atoms with van der Waals surface area (Å²) >= 11 is 7.73. The van der Waals surface area contributed by atoms with E-state index in [4.69, 9.17) is 9.47 Å². The van der Waals surface area contributed by atoms with Crippen molar-refractivity contribution in [2.24, 2.45) is 71.0 Å². The zero-order valence-electron chi connectivity index (χ0n) is 71.4. The molecule has 108 heavy (non-hydrogen) atoms. The summed E-state index contributed by atoms with van der Waals surface area (Å²) in [7, 11) is 0. The van der Waals surface area contributed by atoms with Crippen LogP contribution in [0.1, 0.15) is 433 Å². The highest BCUT2D eigenvalue weighted by Crippen LogP contribution is 2.66. The third-order valence-electron chi connectivity index (χ3n) is 27.8. The Morgan fingerprint density at radius 1 is 0.324 bits per heavy atom. The lowest BCUT2D eigenvalue weighted by Crippen LogP contribution is -2.49.